The van der Waals surface area contributed by atoms with E-state index in [-0.39, 0.29) is 0 Å². The summed E-state index contributed by atoms with van der Waals surface area (Å²) in [5, 5.41) is 12.6. The third kappa shape index (κ3) is 1.74. The SMILES string of the molecule is N#Cc1cc(-c2nc(-c3cccnc3)no2)c[nH]1. The molecular weight excluding hydrogens is 230 g/mol. The lowest BCUT2D eigenvalue weighted by atomic mass is 10.3. The molecule has 18 heavy (non-hydrogen) atoms. The van der Waals surface area contributed by atoms with Crippen molar-refractivity contribution in [3.63, 3.8) is 0 Å². The Balaban J connectivity index is 1.97. The first-order chi connectivity index (χ1) is 8.86. The van der Waals surface area contributed by atoms with E-state index in [9.17, 15) is 0 Å². The number of hydrogen-bond acceptors (Lipinski definition) is 5. The van der Waals surface area contributed by atoms with Crippen LogP contribution in [0.1, 0.15) is 5.69 Å². The van der Waals surface area contributed by atoms with Crippen molar-refractivity contribution >= 4 is 0 Å². The number of nitrogens with one attached hydrogen (secondary N) is 1. The summed E-state index contributed by atoms with van der Waals surface area (Å²) in [7, 11) is 0. The van der Waals surface area contributed by atoms with E-state index in [1.54, 1.807) is 30.7 Å². The Bertz CT molecular complexity index is 707. The van der Waals surface area contributed by atoms with Crippen molar-refractivity contribution in [1.82, 2.24) is 20.1 Å². The van der Waals surface area contributed by atoms with Crippen molar-refractivity contribution in [3.05, 3.63) is 42.5 Å². The number of H-pyrrole nitrogens is 1. The topological polar surface area (TPSA) is 91.4 Å². The average molecular weight is 237 g/mol. The highest BCUT2D eigenvalue weighted by Gasteiger charge is 2.11. The Morgan fingerprint density at radius 3 is 3.00 bits per heavy atom. The van der Waals surface area contributed by atoms with E-state index < -0.39 is 0 Å². The minimum atomic E-state index is 0.367. The number of rotatable bonds is 2. The molecule has 3 aromatic rings. The van der Waals surface area contributed by atoms with Gasteiger partial charge >= 0.3 is 0 Å². The van der Waals surface area contributed by atoms with Crippen molar-refractivity contribution in [2.75, 3.05) is 0 Å². The minimum absolute atomic E-state index is 0.367. The molecule has 1 N–H and O–H groups in total. The number of pyridine rings is 1. The van der Waals surface area contributed by atoms with Gasteiger partial charge in [0.1, 0.15) is 11.8 Å². The molecular formula is C12H7N5O. The zero-order valence-corrected chi connectivity index (χ0v) is 9.16. The van der Waals surface area contributed by atoms with Gasteiger partial charge in [0.05, 0.1) is 5.56 Å². The summed E-state index contributed by atoms with van der Waals surface area (Å²) >= 11 is 0. The van der Waals surface area contributed by atoms with E-state index >= 15 is 0 Å². The monoisotopic (exact) mass is 237 g/mol. The maximum atomic E-state index is 8.72. The van der Waals surface area contributed by atoms with Crippen molar-refractivity contribution in [2.45, 2.75) is 0 Å². The third-order valence-electron chi connectivity index (χ3n) is 2.40. The first kappa shape index (κ1) is 10.2. The number of aromatic nitrogens is 4. The molecule has 3 heterocycles. The molecule has 0 saturated carbocycles. The fourth-order valence-corrected chi connectivity index (χ4v) is 1.54. The molecule has 6 heteroatoms. The first-order valence-corrected chi connectivity index (χ1v) is 5.20. The van der Waals surface area contributed by atoms with E-state index in [0.717, 1.165) is 5.56 Å². The number of nitrogens with zero attached hydrogens (tertiary/aromatic N) is 4. The fraction of sp³-hybridized carbons (Fsp3) is 0. The van der Waals surface area contributed by atoms with Gasteiger partial charge in [-0.1, -0.05) is 5.16 Å². The lowest BCUT2D eigenvalue weighted by Gasteiger charge is -1.89. The lowest BCUT2D eigenvalue weighted by molar-refractivity contribution is 0.432. The van der Waals surface area contributed by atoms with Gasteiger partial charge in [-0.3, -0.25) is 4.98 Å². The number of hydrogen-bond donors (Lipinski definition) is 1. The van der Waals surface area contributed by atoms with Crippen LogP contribution in [0, 0.1) is 11.3 Å². The van der Waals surface area contributed by atoms with E-state index in [1.807, 2.05) is 12.1 Å². The Hall–Kier alpha value is -2.94. The summed E-state index contributed by atoms with van der Waals surface area (Å²) in [6.45, 7) is 0. The molecule has 0 aliphatic rings. The van der Waals surface area contributed by atoms with Crippen LogP contribution in [0.4, 0.5) is 0 Å². The highest BCUT2D eigenvalue weighted by molar-refractivity contribution is 5.59. The van der Waals surface area contributed by atoms with Crippen LogP contribution in [0.25, 0.3) is 22.8 Å². The smallest absolute Gasteiger partial charge is 0.259 e. The van der Waals surface area contributed by atoms with Crippen molar-refractivity contribution in [3.8, 4) is 28.9 Å². The van der Waals surface area contributed by atoms with Crippen LogP contribution in [0.3, 0.4) is 0 Å². The molecule has 86 valence electrons. The van der Waals surface area contributed by atoms with Gasteiger partial charge in [-0.05, 0) is 18.2 Å². The summed E-state index contributed by atoms with van der Waals surface area (Å²) in [6, 6.07) is 7.30. The molecule has 0 aliphatic carbocycles. The van der Waals surface area contributed by atoms with Crippen molar-refractivity contribution in [1.29, 1.82) is 5.26 Å². The molecule has 3 rings (SSSR count). The van der Waals surface area contributed by atoms with E-state index in [0.29, 0.717) is 23.0 Å². The molecule has 0 unspecified atom stereocenters. The van der Waals surface area contributed by atoms with Gasteiger partial charge in [-0.15, -0.1) is 0 Å². The molecule has 0 fully saturated rings. The molecule has 3 aromatic heterocycles. The molecule has 0 radical (unpaired) electrons. The lowest BCUT2D eigenvalue weighted by Crippen LogP contribution is -1.81. The summed E-state index contributed by atoms with van der Waals surface area (Å²) in [6.07, 6.45) is 4.99. The van der Waals surface area contributed by atoms with Gasteiger partial charge < -0.3 is 9.51 Å². The Labute approximate surface area is 102 Å². The molecule has 0 atom stereocenters. The predicted octanol–water partition coefficient (Wildman–Crippen LogP) is 2.00. The molecule has 0 spiro atoms. The fourth-order valence-electron chi connectivity index (χ4n) is 1.54. The van der Waals surface area contributed by atoms with Crippen molar-refractivity contribution in [2.24, 2.45) is 0 Å². The highest BCUT2D eigenvalue weighted by Crippen LogP contribution is 2.21. The Morgan fingerprint density at radius 2 is 2.28 bits per heavy atom. The largest absolute Gasteiger partial charge is 0.352 e. The predicted molar refractivity (Wildman–Crippen MR) is 62.0 cm³/mol. The Kier molecular flexibility index (Phi) is 2.35. The van der Waals surface area contributed by atoms with E-state index in [1.165, 1.54) is 0 Å². The minimum Gasteiger partial charge on any atom is -0.352 e. The van der Waals surface area contributed by atoms with E-state index in [2.05, 4.69) is 20.1 Å². The normalized spacial score (nSPS) is 10.2. The van der Waals surface area contributed by atoms with Crippen LogP contribution in [-0.2, 0) is 0 Å². The zero-order chi connectivity index (χ0) is 12.4. The summed E-state index contributed by atoms with van der Waals surface area (Å²) in [4.78, 5) is 11.0. The zero-order valence-electron chi connectivity index (χ0n) is 9.16. The molecule has 0 saturated heterocycles. The van der Waals surface area contributed by atoms with Crippen LogP contribution in [0.5, 0.6) is 0 Å². The van der Waals surface area contributed by atoms with Crippen LogP contribution in [0.15, 0.2) is 41.3 Å². The average Bonchev–Trinajstić information content (AvgIpc) is 3.08. The van der Waals surface area contributed by atoms with Gasteiger partial charge in [0.25, 0.3) is 5.89 Å². The van der Waals surface area contributed by atoms with Gasteiger partial charge in [0.2, 0.25) is 5.82 Å². The second-order valence-electron chi connectivity index (χ2n) is 3.58. The maximum absolute atomic E-state index is 8.72. The van der Waals surface area contributed by atoms with Gasteiger partial charge in [0, 0.05) is 24.2 Å². The molecule has 0 aliphatic heterocycles. The second kappa shape index (κ2) is 4.14. The van der Waals surface area contributed by atoms with Gasteiger partial charge in [-0.25, -0.2) is 0 Å². The van der Waals surface area contributed by atoms with Crippen molar-refractivity contribution < 1.29 is 4.52 Å². The summed E-state index contributed by atoms with van der Waals surface area (Å²) in [5.74, 6) is 0.837. The quantitative estimate of drug-likeness (QED) is 0.735. The number of aromatic amines is 1. The molecule has 6 nitrogen and oxygen atoms in total. The van der Waals surface area contributed by atoms with Crippen LogP contribution >= 0.6 is 0 Å². The molecule has 0 bridgehead atoms. The first-order valence-electron chi connectivity index (χ1n) is 5.20. The van der Waals surface area contributed by atoms with Crippen LogP contribution < -0.4 is 0 Å². The summed E-state index contributed by atoms with van der Waals surface area (Å²) in [5.41, 5.74) is 1.92. The number of nitriles is 1. The van der Waals surface area contributed by atoms with Crippen LogP contribution in [0.2, 0.25) is 0 Å². The second-order valence-corrected chi connectivity index (χ2v) is 3.58. The third-order valence-corrected chi connectivity index (χ3v) is 2.40. The van der Waals surface area contributed by atoms with Gasteiger partial charge in [0.15, 0.2) is 0 Å². The molecule has 0 amide bonds. The molecule has 0 aromatic carbocycles. The van der Waals surface area contributed by atoms with Gasteiger partial charge in [-0.2, -0.15) is 10.2 Å². The standard InChI is InChI=1S/C12H7N5O/c13-5-10-4-9(7-15-10)12-16-11(17-18-12)8-2-1-3-14-6-8/h1-4,6-7,15H. The highest BCUT2D eigenvalue weighted by atomic mass is 16.5. The van der Waals surface area contributed by atoms with Crippen LogP contribution in [-0.4, -0.2) is 20.1 Å². The van der Waals surface area contributed by atoms with E-state index in [4.69, 9.17) is 9.78 Å². The Morgan fingerprint density at radius 1 is 1.33 bits per heavy atom. The maximum Gasteiger partial charge on any atom is 0.259 e. The summed E-state index contributed by atoms with van der Waals surface area (Å²) < 4.78 is 5.14.